The standard InChI is InChI=1S/C17H17BrN2O/c18-12-9-13-6-7-14(10-12)20(13)17(21)15-5-1-3-11-4-2-8-19-16(11)15/h1-5,8,12-14H,6-7,9-10H2. The summed E-state index contributed by atoms with van der Waals surface area (Å²) in [5.74, 6) is 0.159. The van der Waals surface area contributed by atoms with Crippen LogP contribution in [-0.2, 0) is 0 Å². The van der Waals surface area contributed by atoms with Crippen molar-refractivity contribution in [2.75, 3.05) is 0 Å². The molecule has 0 spiro atoms. The number of nitrogens with zero attached hydrogens (tertiary/aromatic N) is 2. The van der Waals surface area contributed by atoms with Crippen LogP contribution in [0, 0.1) is 0 Å². The zero-order valence-corrected chi connectivity index (χ0v) is 13.3. The van der Waals surface area contributed by atoms with Gasteiger partial charge in [0.25, 0.3) is 5.91 Å². The van der Waals surface area contributed by atoms with Crippen molar-refractivity contribution < 1.29 is 4.79 Å². The van der Waals surface area contributed by atoms with Gasteiger partial charge in [-0.1, -0.05) is 34.1 Å². The Kier molecular flexibility index (Phi) is 3.21. The smallest absolute Gasteiger partial charge is 0.256 e. The van der Waals surface area contributed by atoms with Gasteiger partial charge in [0.05, 0.1) is 11.1 Å². The average molecular weight is 345 g/mol. The minimum absolute atomic E-state index is 0.159. The number of alkyl halides is 1. The number of piperidine rings is 1. The fourth-order valence-corrected chi connectivity index (χ4v) is 4.72. The summed E-state index contributed by atoms with van der Waals surface area (Å²) in [5, 5.41) is 1.03. The molecule has 0 saturated carbocycles. The molecule has 108 valence electrons. The lowest BCUT2D eigenvalue weighted by atomic mass is 10.0. The molecule has 4 heteroatoms. The van der Waals surface area contributed by atoms with Gasteiger partial charge in [-0.3, -0.25) is 9.78 Å². The maximum atomic E-state index is 13.1. The number of para-hydroxylation sites is 1. The highest BCUT2D eigenvalue weighted by atomic mass is 79.9. The number of rotatable bonds is 1. The highest BCUT2D eigenvalue weighted by Crippen LogP contribution is 2.39. The maximum Gasteiger partial charge on any atom is 0.256 e. The third-order valence-corrected chi connectivity index (χ3v) is 5.52. The van der Waals surface area contributed by atoms with Gasteiger partial charge in [-0.25, -0.2) is 0 Å². The fraction of sp³-hybridized carbons (Fsp3) is 0.412. The quantitative estimate of drug-likeness (QED) is 0.738. The van der Waals surface area contributed by atoms with Crippen molar-refractivity contribution in [2.45, 2.75) is 42.6 Å². The zero-order chi connectivity index (χ0) is 14.4. The highest BCUT2D eigenvalue weighted by Gasteiger charge is 2.43. The molecule has 0 radical (unpaired) electrons. The van der Waals surface area contributed by atoms with Gasteiger partial charge in [-0.15, -0.1) is 0 Å². The van der Waals surface area contributed by atoms with Gasteiger partial charge in [0.1, 0.15) is 0 Å². The average Bonchev–Trinajstić information content (AvgIpc) is 2.78. The van der Waals surface area contributed by atoms with Crippen LogP contribution in [0.2, 0.25) is 0 Å². The highest BCUT2D eigenvalue weighted by molar-refractivity contribution is 9.09. The number of hydrogen-bond donors (Lipinski definition) is 0. The first-order chi connectivity index (χ1) is 10.2. The van der Waals surface area contributed by atoms with Crippen LogP contribution in [0.15, 0.2) is 36.5 Å². The summed E-state index contributed by atoms with van der Waals surface area (Å²) in [6, 6.07) is 10.6. The third kappa shape index (κ3) is 2.16. The van der Waals surface area contributed by atoms with Crippen LogP contribution < -0.4 is 0 Å². The van der Waals surface area contributed by atoms with E-state index in [9.17, 15) is 4.79 Å². The first kappa shape index (κ1) is 13.3. The number of carbonyl (C=O) groups is 1. The molecule has 2 fully saturated rings. The molecule has 0 aliphatic carbocycles. The second-order valence-electron chi connectivity index (χ2n) is 6.05. The summed E-state index contributed by atoms with van der Waals surface area (Å²) in [7, 11) is 0. The number of amides is 1. The second kappa shape index (κ2) is 5.09. The van der Waals surface area contributed by atoms with E-state index in [1.54, 1.807) is 6.20 Å². The van der Waals surface area contributed by atoms with Gasteiger partial charge in [-0.05, 0) is 37.8 Å². The largest absolute Gasteiger partial charge is 0.333 e. The lowest BCUT2D eigenvalue weighted by molar-refractivity contribution is 0.0605. The third-order valence-electron chi connectivity index (χ3n) is 4.77. The molecule has 0 N–H and O–H groups in total. The molecule has 2 atom stereocenters. The van der Waals surface area contributed by atoms with E-state index in [0.29, 0.717) is 16.9 Å². The van der Waals surface area contributed by atoms with Crippen molar-refractivity contribution >= 4 is 32.7 Å². The van der Waals surface area contributed by atoms with Crippen LogP contribution >= 0.6 is 15.9 Å². The lowest BCUT2D eigenvalue weighted by Gasteiger charge is -2.37. The minimum Gasteiger partial charge on any atom is -0.333 e. The van der Waals surface area contributed by atoms with Crippen molar-refractivity contribution in [1.29, 1.82) is 0 Å². The number of halogens is 1. The van der Waals surface area contributed by atoms with Gasteiger partial charge in [0, 0.05) is 28.5 Å². The molecule has 4 rings (SSSR count). The van der Waals surface area contributed by atoms with Crippen molar-refractivity contribution in [1.82, 2.24) is 9.88 Å². The number of fused-ring (bicyclic) bond motifs is 3. The van der Waals surface area contributed by atoms with Crippen LogP contribution in [0.1, 0.15) is 36.0 Å². The Morgan fingerprint density at radius 3 is 2.62 bits per heavy atom. The lowest BCUT2D eigenvalue weighted by Crippen LogP contribution is -2.46. The van der Waals surface area contributed by atoms with Crippen LogP contribution in [0.5, 0.6) is 0 Å². The van der Waals surface area contributed by atoms with Crippen molar-refractivity contribution in [3.05, 3.63) is 42.1 Å². The van der Waals surface area contributed by atoms with E-state index in [-0.39, 0.29) is 5.91 Å². The molecule has 1 aromatic carbocycles. The summed E-state index contributed by atoms with van der Waals surface area (Å²) in [6.07, 6.45) is 6.17. The van der Waals surface area contributed by atoms with E-state index in [2.05, 4.69) is 25.8 Å². The van der Waals surface area contributed by atoms with E-state index in [0.717, 1.165) is 42.1 Å². The van der Waals surface area contributed by atoms with Gasteiger partial charge >= 0.3 is 0 Å². The molecule has 3 nitrogen and oxygen atoms in total. The number of benzene rings is 1. The minimum atomic E-state index is 0.159. The Morgan fingerprint density at radius 2 is 1.86 bits per heavy atom. The molecule has 2 aromatic rings. The first-order valence-corrected chi connectivity index (χ1v) is 8.46. The Hall–Kier alpha value is -1.42. The number of pyridine rings is 1. The van der Waals surface area contributed by atoms with Gasteiger partial charge < -0.3 is 4.90 Å². The van der Waals surface area contributed by atoms with E-state index in [4.69, 9.17) is 0 Å². The van der Waals surface area contributed by atoms with Gasteiger partial charge in [-0.2, -0.15) is 0 Å². The first-order valence-electron chi connectivity index (χ1n) is 7.54. The molecule has 3 heterocycles. The fourth-order valence-electron chi connectivity index (χ4n) is 3.86. The van der Waals surface area contributed by atoms with E-state index >= 15 is 0 Å². The summed E-state index contributed by atoms with van der Waals surface area (Å²) in [6.45, 7) is 0. The molecule has 1 amide bonds. The SMILES string of the molecule is O=C(c1cccc2cccnc12)N1C2CCC1CC(Br)C2. The molecule has 2 saturated heterocycles. The summed E-state index contributed by atoms with van der Waals surface area (Å²) >= 11 is 3.73. The Bertz CT molecular complexity index is 683. The maximum absolute atomic E-state index is 13.1. The molecule has 2 aliphatic rings. The summed E-state index contributed by atoms with van der Waals surface area (Å²) < 4.78 is 0. The Balaban J connectivity index is 1.74. The molecule has 2 unspecified atom stereocenters. The predicted octanol–water partition coefficient (Wildman–Crippen LogP) is 3.77. The van der Waals surface area contributed by atoms with Crippen LogP contribution in [0.25, 0.3) is 10.9 Å². The van der Waals surface area contributed by atoms with Gasteiger partial charge in [0.15, 0.2) is 0 Å². The van der Waals surface area contributed by atoms with Crippen molar-refractivity contribution in [2.24, 2.45) is 0 Å². The van der Waals surface area contributed by atoms with Crippen molar-refractivity contribution in [3.8, 4) is 0 Å². The predicted molar refractivity (Wildman–Crippen MR) is 86.7 cm³/mol. The Labute approximate surface area is 132 Å². The second-order valence-corrected chi connectivity index (χ2v) is 7.34. The van der Waals surface area contributed by atoms with Crippen LogP contribution in [0.4, 0.5) is 0 Å². The van der Waals surface area contributed by atoms with Crippen LogP contribution in [-0.4, -0.2) is 32.7 Å². The molecular weight excluding hydrogens is 328 g/mol. The summed E-state index contributed by atoms with van der Waals surface area (Å²) in [4.78, 5) is 20.2. The molecular formula is C17H17BrN2O. The normalized spacial score (nSPS) is 28.0. The van der Waals surface area contributed by atoms with Crippen molar-refractivity contribution in [3.63, 3.8) is 0 Å². The monoisotopic (exact) mass is 344 g/mol. The van der Waals surface area contributed by atoms with Gasteiger partial charge in [0.2, 0.25) is 0 Å². The number of hydrogen-bond acceptors (Lipinski definition) is 2. The molecule has 1 aromatic heterocycles. The van der Waals surface area contributed by atoms with E-state index in [1.807, 2.05) is 30.3 Å². The summed E-state index contributed by atoms with van der Waals surface area (Å²) in [5.41, 5.74) is 1.57. The zero-order valence-electron chi connectivity index (χ0n) is 11.7. The Morgan fingerprint density at radius 1 is 1.14 bits per heavy atom. The number of aromatic nitrogens is 1. The molecule has 21 heavy (non-hydrogen) atoms. The van der Waals surface area contributed by atoms with E-state index < -0.39 is 0 Å². The molecule has 2 bridgehead atoms. The topological polar surface area (TPSA) is 33.2 Å². The van der Waals surface area contributed by atoms with Crippen LogP contribution in [0.3, 0.4) is 0 Å². The molecule has 2 aliphatic heterocycles. The number of carbonyl (C=O) groups excluding carboxylic acids is 1. The van der Waals surface area contributed by atoms with E-state index in [1.165, 1.54) is 0 Å².